The molecule has 4 rings (SSSR count). The van der Waals surface area contributed by atoms with Gasteiger partial charge < -0.3 is 35.4 Å². The van der Waals surface area contributed by atoms with E-state index in [1.807, 2.05) is 49.1 Å². The van der Waals surface area contributed by atoms with Gasteiger partial charge in [-0.1, -0.05) is 56.3 Å². The number of nitrogens with zero attached hydrogens (tertiary/aromatic N) is 3. The van der Waals surface area contributed by atoms with Crippen LogP contribution in [-0.2, 0) is 35.2 Å². The normalized spacial score (nSPS) is 15.4. The highest BCUT2D eigenvalue weighted by atomic mass is 16.5. The van der Waals surface area contributed by atoms with E-state index in [0.29, 0.717) is 69.9 Å². The Balaban J connectivity index is 0.00000229. The summed E-state index contributed by atoms with van der Waals surface area (Å²) in [6, 6.07) is 15.8. The number of esters is 3. The quantitative estimate of drug-likeness (QED) is 0.161. The second-order valence-corrected chi connectivity index (χ2v) is 11.6. The molecule has 0 spiro atoms. The van der Waals surface area contributed by atoms with E-state index in [1.54, 1.807) is 38.1 Å². The van der Waals surface area contributed by atoms with Crippen molar-refractivity contribution in [2.75, 3.05) is 85.8 Å². The van der Waals surface area contributed by atoms with Crippen LogP contribution in [0.2, 0.25) is 0 Å². The van der Waals surface area contributed by atoms with Gasteiger partial charge in [0.2, 0.25) is 0 Å². The van der Waals surface area contributed by atoms with E-state index < -0.39 is 6.04 Å². The zero-order valence-corrected chi connectivity index (χ0v) is 32.9. The summed E-state index contributed by atoms with van der Waals surface area (Å²) in [5, 5.41) is 13.8. The maximum absolute atomic E-state index is 13.6. The average molecular weight is 762 g/mol. The van der Waals surface area contributed by atoms with Crippen LogP contribution in [-0.4, -0.2) is 147 Å². The Morgan fingerprint density at radius 3 is 1.85 bits per heavy atom. The minimum atomic E-state index is -0.591. The van der Waals surface area contributed by atoms with E-state index in [4.69, 9.17) is 14.6 Å². The van der Waals surface area contributed by atoms with E-state index in [9.17, 15) is 24.0 Å². The summed E-state index contributed by atoms with van der Waals surface area (Å²) in [6.45, 7) is 15.6. The molecule has 1 fully saturated rings. The highest BCUT2D eigenvalue weighted by Gasteiger charge is 2.35. The lowest BCUT2D eigenvalue weighted by Gasteiger charge is -2.33. The zero-order chi connectivity index (χ0) is 39.4. The van der Waals surface area contributed by atoms with Crippen molar-refractivity contribution in [3.8, 4) is 0 Å². The Labute approximate surface area is 320 Å². The van der Waals surface area contributed by atoms with Gasteiger partial charge in [0.05, 0.1) is 30.9 Å². The van der Waals surface area contributed by atoms with Gasteiger partial charge in [-0.3, -0.25) is 38.7 Å². The minimum absolute atomic E-state index is 0. The summed E-state index contributed by atoms with van der Waals surface area (Å²) < 4.78 is 15.4. The van der Waals surface area contributed by atoms with Crippen LogP contribution in [0.5, 0.6) is 0 Å². The van der Waals surface area contributed by atoms with Crippen molar-refractivity contribution in [2.24, 2.45) is 0 Å². The fourth-order valence-corrected chi connectivity index (χ4v) is 5.60. The molecular weight excluding hydrogens is 698 g/mol. The van der Waals surface area contributed by atoms with E-state index >= 15 is 0 Å². The fraction of sp³-hybridized carbons (Fsp3) is 0.564. The number of carbonyl (C=O) groups excluding carboxylic acids is 5. The lowest BCUT2D eigenvalue weighted by atomic mass is 10.1. The molecule has 54 heavy (non-hydrogen) atoms. The second kappa shape index (κ2) is 30.1. The number of amides is 2. The van der Waals surface area contributed by atoms with Gasteiger partial charge in [0, 0.05) is 72.9 Å². The van der Waals surface area contributed by atoms with Gasteiger partial charge in [-0.2, -0.15) is 0 Å². The maximum atomic E-state index is 13.6. The molecule has 5 N–H and O–H groups in total. The molecule has 2 aromatic carbocycles. The van der Waals surface area contributed by atoms with Crippen LogP contribution < -0.4 is 10.6 Å². The fourth-order valence-electron chi connectivity index (χ4n) is 5.60. The van der Waals surface area contributed by atoms with Gasteiger partial charge in [0.15, 0.2) is 0 Å². The number of hydrogen-bond donors (Lipinski definition) is 3. The van der Waals surface area contributed by atoms with Gasteiger partial charge in [-0.25, -0.2) is 0 Å². The molecule has 2 aliphatic rings. The first-order valence-corrected chi connectivity index (χ1v) is 18.5. The topological polar surface area (TPSA) is 199 Å². The largest absolute Gasteiger partial charge is 0.466 e. The first kappa shape index (κ1) is 49.8. The number of hydrogen-bond acceptors (Lipinski definition) is 13. The Bertz CT molecular complexity index is 1330. The molecule has 2 amide bonds. The summed E-state index contributed by atoms with van der Waals surface area (Å²) in [5.41, 5.74) is 1.72. The number of nitrogens with one attached hydrogen (secondary N) is 2. The van der Waals surface area contributed by atoms with E-state index in [0.717, 1.165) is 32.3 Å². The smallest absolute Gasteiger partial charge is 0.323 e. The van der Waals surface area contributed by atoms with Crippen LogP contribution >= 0.6 is 0 Å². The number of aliphatic hydroxyl groups is 1. The van der Waals surface area contributed by atoms with Gasteiger partial charge in [0.1, 0.15) is 12.6 Å². The molecule has 0 radical (unpaired) electrons. The Morgan fingerprint density at radius 2 is 1.31 bits per heavy atom. The highest BCUT2D eigenvalue weighted by molar-refractivity contribution is 6.21. The van der Waals surface area contributed by atoms with Crippen molar-refractivity contribution in [1.82, 2.24) is 25.3 Å². The Hall–Kier alpha value is -4.25. The number of ether oxygens (including phenoxy) is 3. The number of fused-ring (bicyclic) bond motifs is 1. The van der Waals surface area contributed by atoms with Crippen molar-refractivity contribution in [2.45, 2.75) is 60.1 Å². The standard InChI is InChI=1S/C32H43N5O6.C4H8O2.C2H6.CH4O.H2O/c1-2-42-29(38)23-35-19-16-33-14-15-34-17-20-36(22-21-35)28(32(41)43-24-25-9-4-3-5-10-25)13-8-18-37-30(39)26-11-6-7-12-27(26)31(37)40;1-3-6-4(2)5;2*1-2;/h3-7,9-12,28,33-34H,2,8,13-24H2,1H3;3H2,1-2H3;1-2H3;2H,1H3;1H2. The molecule has 2 heterocycles. The Morgan fingerprint density at radius 1 is 0.759 bits per heavy atom. The van der Waals surface area contributed by atoms with Crippen LogP contribution in [0.25, 0.3) is 0 Å². The summed E-state index contributed by atoms with van der Waals surface area (Å²) in [6.07, 6.45) is 0.845. The summed E-state index contributed by atoms with van der Waals surface area (Å²) in [4.78, 5) is 67.0. The third kappa shape index (κ3) is 18.2. The highest BCUT2D eigenvalue weighted by Crippen LogP contribution is 2.23. The lowest BCUT2D eigenvalue weighted by molar-refractivity contribution is -0.152. The van der Waals surface area contributed by atoms with Crippen LogP contribution in [0.1, 0.15) is 73.7 Å². The van der Waals surface area contributed by atoms with Crippen molar-refractivity contribution < 1.29 is 48.8 Å². The van der Waals surface area contributed by atoms with Gasteiger partial charge in [-0.15, -0.1) is 0 Å². The monoisotopic (exact) mass is 761 g/mol. The van der Waals surface area contributed by atoms with Gasteiger partial charge in [-0.05, 0) is 44.4 Å². The molecule has 0 saturated carbocycles. The van der Waals surface area contributed by atoms with Gasteiger partial charge >= 0.3 is 17.9 Å². The van der Waals surface area contributed by atoms with Crippen LogP contribution in [0.3, 0.4) is 0 Å². The number of imide groups is 1. The van der Waals surface area contributed by atoms with E-state index in [-0.39, 0.29) is 54.9 Å². The number of aliphatic hydroxyl groups excluding tert-OH is 1. The SMILES string of the molecule is CC.CCOC(=O)CN1CCNCCNCCN(C(CCCN2C(=O)c3ccccc3C2=O)C(=O)OCc2ccccc2)CC1.CCOC(C)=O.CO.O. The number of carbonyl (C=O) groups is 5. The molecule has 2 aliphatic heterocycles. The van der Waals surface area contributed by atoms with Crippen molar-refractivity contribution in [1.29, 1.82) is 0 Å². The number of rotatable bonds is 12. The zero-order valence-electron chi connectivity index (χ0n) is 32.9. The van der Waals surface area contributed by atoms with Crippen molar-refractivity contribution >= 4 is 29.7 Å². The molecule has 15 heteroatoms. The third-order valence-electron chi connectivity index (χ3n) is 8.04. The van der Waals surface area contributed by atoms with E-state index in [1.165, 1.54) is 11.8 Å². The van der Waals surface area contributed by atoms with Crippen molar-refractivity contribution in [3.63, 3.8) is 0 Å². The van der Waals surface area contributed by atoms with Crippen LogP contribution in [0.15, 0.2) is 54.6 Å². The first-order valence-electron chi connectivity index (χ1n) is 18.5. The summed E-state index contributed by atoms with van der Waals surface area (Å²) in [7, 11) is 1.00. The number of benzene rings is 2. The van der Waals surface area contributed by atoms with Crippen LogP contribution in [0.4, 0.5) is 0 Å². The molecule has 1 unspecified atom stereocenters. The molecular formula is C39H63N5O10. The molecule has 15 nitrogen and oxygen atoms in total. The lowest BCUT2D eigenvalue weighted by Crippen LogP contribution is -2.50. The molecule has 0 bridgehead atoms. The summed E-state index contributed by atoms with van der Waals surface area (Å²) in [5.74, 6) is -1.44. The predicted molar refractivity (Wildman–Crippen MR) is 207 cm³/mol. The third-order valence-corrected chi connectivity index (χ3v) is 8.04. The molecule has 304 valence electrons. The molecule has 0 aromatic heterocycles. The molecule has 2 aromatic rings. The van der Waals surface area contributed by atoms with Crippen molar-refractivity contribution in [3.05, 3.63) is 71.3 Å². The first-order chi connectivity index (χ1) is 25.7. The minimum Gasteiger partial charge on any atom is -0.466 e. The molecule has 1 atom stereocenters. The molecule has 0 aliphatic carbocycles. The molecule has 1 saturated heterocycles. The predicted octanol–water partition coefficient (Wildman–Crippen LogP) is 1.91. The van der Waals surface area contributed by atoms with E-state index in [2.05, 4.69) is 20.3 Å². The average Bonchev–Trinajstić information content (AvgIpc) is 3.41. The van der Waals surface area contributed by atoms with Gasteiger partial charge in [0.25, 0.3) is 11.8 Å². The second-order valence-electron chi connectivity index (χ2n) is 11.6. The Kier molecular flexibility index (Phi) is 27.7. The maximum Gasteiger partial charge on any atom is 0.323 e. The van der Waals surface area contributed by atoms with Crippen LogP contribution in [0, 0.1) is 0 Å². The summed E-state index contributed by atoms with van der Waals surface area (Å²) >= 11 is 0.